The normalized spacial score (nSPS) is 11.1. The van der Waals surface area contributed by atoms with Gasteiger partial charge in [0, 0.05) is 24.5 Å². The Kier molecular flexibility index (Phi) is 10.5. The number of hydrogen-bond acceptors (Lipinski definition) is 10. The molecule has 0 bridgehead atoms. The number of carbonyl (C=O) groups excluding carboxylic acids is 1. The van der Waals surface area contributed by atoms with Gasteiger partial charge in [-0.3, -0.25) is 10.1 Å². The molecular weight excluding hydrogens is 544 g/mol. The molecule has 11 nitrogen and oxygen atoms in total. The molecule has 0 unspecified atom stereocenters. The van der Waals surface area contributed by atoms with E-state index in [4.69, 9.17) is 23.2 Å². The number of halogens is 5. The van der Waals surface area contributed by atoms with E-state index in [-0.39, 0.29) is 32.8 Å². The number of carbonyl (C=O) groups is 1. The van der Waals surface area contributed by atoms with E-state index in [1.807, 2.05) is 20.8 Å². The van der Waals surface area contributed by atoms with Crippen molar-refractivity contribution in [2.24, 2.45) is 7.05 Å². The topological polar surface area (TPSA) is 135 Å². The van der Waals surface area contributed by atoms with Crippen molar-refractivity contribution in [1.29, 1.82) is 0 Å². The lowest BCUT2D eigenvalue weighted by atomic mass is 10.1. The quantitative estimate of drug-likeness (QED) is 0.347. The van der Waals surface area contributed by atoms with Crippen LogP contribution in [0.4, 0.5) is 31.0 Å². The van der Waals surface area contributed by atoms with Crippen LogP contribution in [-0.2, 0) is 13.2 Å². The average Bonchev–Trinajstić information content (AvgIpc) is 3.16. The third-order valence-electron chi connectivity index (χ3n) is 4.06. The van der Waals surface area contributed by atoms with Crippen LogP contribution in [0, 0.1) is 0 Å². The van der Waals surface area contributed by atoms with Gasteiger partial charge < -0.3 is 10.6 Å². The first-order valence-electron chi connectivity index (χ1n) is 10.3. The molecule has 1 amide bonds. The smallest absolute Gasteiger partial charge is 0.354 e. The zero-order valence-corrected chi connectivity index (χ0v) is 22.1. The second-order valence-corrected chi connectivity index (χ2v) is 8.70. The molecule has 0 fully saturated rings. The largest absolute Gasteiger partial charge is 0.417 e. The lowest BCUT2D eigenvalue weighted by Gasteiger charge is -2.15. The SMILES string of the molecule is CCNc1nc(Cl)nc(NC(C)C)n1.CSc1c(C(F)(F)F)ccc(C(=O)Nc2nnnn2C)c1Cl. The van der Waals surface area contributed by atoms with Crippen LogP contribution in [0.25, 0.3) is 0 Å². The molecule has 0 radical (unpaired) electrons. The molecule has 0 spiro atoms. The number of hydrogen-bond donors (Lipinski definition) is 3. The third-order valence-corrected chi connectivity index (χ3v) is 5.56. The summed E-state index contributed by atoms with van der Waals surface area (Å²) < 4.78 is 39.9. The highest BCUT2D eigenvalue weighted by Gasteiger charge is 2.35. The van der Waals surface area contributed by atoms with Crippen molar-refractivity contribution in [3.63, 3.8) is 0 Å². The van der Waals surface area contributed by atoms with Crippen molar-refractivity contribution >= 4 is 58.7 Å². The van der Waals surface area contributed by atoms with Gasteiger partial charge in [0.15, 0.2) is 0 Å². The molecule has 0 aliphatic rings. The zero-order chi connectivity index (χ0) is 27.0. The fraction of sp³-hybridized carbons (Fsp3) is 0.421. The van der Waals surface area contributed by atoms with E-state index in [2.05, 4.69) is 46.4 Å². The number of aromatic nitrogens is 7. The highest BCUT2D eigenvalue weighted by atomic mass is 35.5. The van der Waals surface area contributed by atoms with Crippen LogP contribution >= 0.6 is 35.0 Å². The molecular formula is C19H23Cl2F3N10OS. The molecule has 36 heavy (non-hydrogen) atoms. The summed E-state index contributed by atoms with van der Waals surface area (Å²) in [6.45, 7) is 6.73. The van der Waals surface area contributed by atoms with Crippen LogP contribution in [0.3, 0.4) is 0 Å². The Balaban J connectivity index is 0.000000281. The lowest BCUT2D eigenvalue weighted by Crippen LogP contribution is -2.17. The van der Waals surface area contributed by atoms with E-state index in [1.165, 1.54) is 18.0 Å². The molecule has 196 valence electrons. The van der Waals surface area contributed by atoms with E-state index in [0.717, 1.165) is 30.4 Å². The number of tetrazole rings is 1. The predicted molar refractivity (Wildman–Crippen MR) is 133 cm³/mol. The van der Waals surface area contributed by atoms with Gasteiger partial charge in [-0.2, -0.15) is 28.1 Å². The number of alkyl halides is 3. The number of anilines is 3. The minimum atomic E-state index is -4.55. The maximum Gasteiger partial charge on any atom is 0.417 e. The van der Waals surface area contributed by atoms with Crippen molar-refractivity contribution < 1.29 is 18.0 Å². The van der Waals surface area contributed by atoms with Gasteiger partial charge in [-0.05, 0) is 61.2 Å². The van der Waals surface area contributed by atoms with Crippen LogP contribution in [0.2, 0.25) is 10.3 Å². The van der Waals surface area contributed by atoms with Gasteiger partial charge in [0.1, 0.15) is 0 Å². The Hall–Kier alpha value is -2.91. The molecule has 2 heterocycles. The van der Waals surface area contributed by atoms with Gasteiger partial charge in [-0.15, -0.1) is 11.8 Å². The van der Waals surface area contributed by atoms with Crippen molar-refractivity contribution in [2.75, 3.05) is 28.8 Å². The van der Waals surface area contributed by atoms with E-state index in [9.17, 15) is 18.0 Å². The molecule has 3 N–H and O–H groups in total. The molecule has 3 aromatic rings. The number of aryl methyl sites for hydroxylation is 1. The van der Waals surface area contributed by atoms with Gasteiger partial charge in [0.05, 0.1) is 16.1 Å². The Morgan fingerprint density at radius 2 is 1.83 bits per heavy atom. The molecule has 1 aromatic carbocycles. The summed E-state index contributed by atoms with van der Waals surface area (Å²) in [5.74, 6) is 0.338. The average molecular weight is 567 g/mol. The molecule has 3 rings (SSSR count). The van der Waals surface area contributed by atoms with Gasteiger partial charge >= 0.3 is 6.18 Å². The molecule has 17 heteroatoms. The molecule has 0 aliphatic heterocycles. The number of nitrogens with zero attached hydrogens (tertiary/aromatic N) is 7. The van der Waals surface area contributed by atoms with E-state index < -0.39 is 17.6 Å². The Morgan fingerprint density at radius 3 is 2.36 bits per heavy atom. The Labute approximate surface area is 219 Å². The maximum absolute atomic E-state index is 12.9. The summed E-state index contributed by atoms with van der Waals surface area (Å²) in [4.78, 5) is 23.9. The maximum atomic E-state index is 12.9. The fourth-order valence-electron chi connectivity index (χ4n) is 2.57. The monoisotopic (exact) mass is 566 g/mol. The van der Waals surface area contributed by atoms with Gasteiger partial charge in [-0.25, -0.2) is 4.68 Å². The third kappa shape index (κ3) is 8.06. The van der Waals surface area contributed by atoms with Crippen LogP contribution in [0.5, 0.6) is 0 Å². The predicted octanol–water partition coefficient (Wildman–Crippen LogP) is 4.63. The summed E-state index contributed by atoms with van der Waals surface area (Å²) in [6, 6.07) is 2.11. The first-order valence-corrected chi connectivity index (χ1v) is 12.2. The molecule has 0 saturated carbocycles. The van der Waals surface area contributed by atoms with Crippen LogP contribution in [0.15, 0.2) is 17.0 Å². The molecule has 2 aromatic heterocycles. The van der Waals surface area contributed by atoms with E-state index in [0.29, 0.717) is 11.9 Å². The summed E-state index contributed by atoms with van der Waals surface area (Å²) in [6.07, 6.45) is -3.10. The van der Waals surface area contributed by atoms with Crippen LogP contribution in [-0.4, -0.2) is 59.9 Å². The van der Waals surface area contributed by atoms with Gasteiger partial charge in [0.2, 0.25) is 23.1 Å². The van der Waals surface area contributed by atoms with Gasteiger partial charge in [-0.1, -0.05) is 16.7 Å². The number of rotatable bonds is 7. The van der Waals surface area contributed by atoms with E-state index in [1.54, 1.807) is 0 Å². The van der Waals surface area contributed by atoms with Crippen molar-refractivity contribution in [3.05, 3.63) is 33.6 Å². The Morgan fingerprint density at radius 1 is 1.17 bits per heavy atom. The lowest BCUT2D eigenvalue weighted by molar-refractivity contribution is -0.139. The van der Waals surface area contributed by atoms with Crippen LogP contribution in [0.1, 0.15) is 36.7 Å². The number of benzene rings is 1. The number of thioether (sulfide) groups is 1. The molecule has 0 aliphatic carbocycles. The first-order chi connectivity index (χ1) is 16.9. The Bertz CT molecular complexity index is 1190. The number of amides is 1. The highest BCUT2D eigenvalue weighted by molar-refractivity contribution is 7.98. The minimum absolute atomic E-state index is 0.0478. The second kappa shape index (κ2) is 12.9. The minimum Gasteiger partial charge on any atom is -0.354 e. The standard InChI is InChI=1S/C11H9ClF3N5OS.C8H14ClN5/c1-20-10(17-18-19-20)16-9(21)5-3-4-6(11(13,14)15)8(22-2)7(5)12;1-4-10-7-12-6(9)13-8(14-7)11-5(2)3/h3-4H,1-2H3,(H,16,17,19,21);5H,4H2,1-3H3,(H2,10,11,12,13,14). The highest BCUT2D eigenvalue weighted by Crippen LogP contribution is 2.41. The summed E-state index contributed by atoms with van der Waals surface area (Å²) in [7, 11) is 1.50. The zero-order valence-electron chi connectivity index (χ0n) is 19.8. The van der Waals surface area contributed by atoms with Crippen molar-refractivity contribution in [2.45, 2.75) is 37.9 Å². The summed E-state index contributed by atoms with van der Waals surface area (Å²) >= 11 is 12.5. The summed E-state index contributed by atoms with van der Waals surface area (Å²) in [5.41, 5.74) is -0.983. The second-order valence-electron chi connectivity index (χ2n) is 7.17. The molecule has 0 atom stereocenters. The fourth-order valence-corrected chi connectivity index (χ4v) is 3.90. The molecule has 0 saturated heterocycles. The van der Waals surface area contributed by atoms with Crippen molar-refractivity contribution in [1.82, 2.24) is 35.2 Å². The summed E-state index contributed by atoms with van der Waals surface area (Å²) in [5, 5.41) is 18.7. The number of nitrogens with one attached hydrogen (secondary N) is 3. The van der Waals surface area contributed by atoms with Crippen molar-refractivity contribution in [3.8, 4) is 0 Å². The first kappa shape index (κ1) is 29.3. The van der Waals surface area contributed by atoms with Gasteiger partial charge in [0.25, 0.3) is 5.91 Å². The van der Waals surface area contributed by atoms with E-state index >= 15 is 0 Å². The van der Waals surface area contributed by atoms with Crippen LogP contribution < -0.4 is 16.0 Å².